The smallest absolute Gasteiger partial charge is 0.306 e. The zero-order chi connectivity index (χ0) is 19.3. The summed E-state index contributed by atoms with van der Waals surface area (Å²) in [5.74, 6) is 0.335. The van der Waals surface area contributed by atoms with Crippen LogP contribution in [-0.2, 0) is 9.53 Å². The number of aliphatic hydroxyl groups is 1. The average molecular weight is 371 g/mol. The van der Waals surface area contributed by atoms with Crippen LogP contribution >= 0.6 is 0 Å². The van der Waals surface area contributed by atoms with E-state index in [1.165, 1.54) is 89.9 Å². The van der Waals surface area contributed by atoms with E-state index in [4.69, 9.17) is 9.84 Å². The monoisotopic (exact) mass is 370 g/mol. The molecular formula is C23H46O3. The van der Waals surface area contributed by atoms with Gasteiger partial charge in [-0.15, -0.1) is 0 Å². The minimum Gasteiger partial charge on any atom is -0.463 e. The van der Waals surface area contributed by atoms with E-state index in [-0.39, 0.29) is 19.2 Å². The number of ether oxygens (including phenoxy) is 1. The second-order valence-electron chi connectivity index (χ2n) is 7.83. The van der Waals surface area contributed by atoms with E-state index in [0.717, 1.165) is 12.8 Å². The van der Waals surface area contributed by atoms with Crippen molar-refractivity contribution in [3.8, 4) is 0 Å². The predicted octanol–water partition coefficient (Wildman–Crippen LogP) is 6.81. The molecule has 0 amide bonds. The van der Waals surface area contributed by atoms with Gasteiger partial charge in [0.15, 0.2) is 0 Å². The van der Waals surface area contributed by atoms with Gasteiger partial charge in [-0.2, -0.15) is 0 Å². The van der Waals surface area contributed by atoms with Gasteiger partial charge in [0.05, 0.1) is 6.61 Å². The number of rotatable bonds is 20. The second kappa shape index (κ2) is 20.7. The normalized spacial score (nSPS) is 12.3. The maximum Gasteiger partial charge on any atom is 0.306 e. The lowest BCUT2D eigenvalue weighted by molar-refractivity contribution is -0.145. The van der Waals surface area contributed by atoms with Crippen molar-refractivity contribution in [2.75, 3.05) is 13.2 Å². The highest BCUT2D eigenvalue weighted by Gasteiger charge is 2.14. The number of hydrogen-bond acceptors (Lipinski definition) is 3. The lowest BCUT2D eigenvalue weighted by atomic mass is 9.91. The zero-order valence-corrected chi connectivity index (χ0v) is 17.8. The topological polar surface area (TPSA) is 46.5 Å². The third-order valence-electron chi connectivity index (χ3n) is 5.24. The Labute approximate surface area is 163 Å². The number of aliphatic hydroxyl groups excluding tert-OH is 1. The lowest BCUT2D eigenvalue weighted by Gasteiger charge is -2.16. The van der Waals surface area contributed by atoms with E-state index in [9.17, 15) is 4.79 Å². The number of esters is 1. The first kappa shape index (κ1) is 25.4. The number of carbonyl (C=O) groups is 1. The molecule has 3 heteroatoms. The molecule has 0 aliphatic carbocycles. The zero-order valence-electron chi connectivity index (χ0n) is 17.8. The van der Waals surface area contributed by atoms with Gasteiger partial charge in [-0.05, 0) is 18.8 Å². The Morgan fingerprint density at radius 3 is 1.58 bits per heavy atom. The van der Waals surface area contributed by atoms with Gasteiger partial charge in [-0.1, -0.05) is 104 Å². The van der Waals surface area contributed by atoms with Crippen molar-refractivity contribution in [2.45, 2.75) is 123 Å². The maximum absolute atomic E-state index is 11.9. The summed E-state index contributed by atoms with van der Waals surface area (Å²) in [6.45, 7) is 4.57. The van der Waals surface area contributed by atoms with Crippen LogP contribution in [0, 0.1) is 5.92 Å². The Hall–Kier alpha value is -0.570. The minimum absolute atomic E-state index is 0.0775. The molecule has 0 aromatic heterocycles. The van der Waals surface area contributed by atoms with E-state index >= 15 is 0 Å². The lowest BCUT2D eigenvalue weighted by Crippen LogP contribution is -2.14. The third-order valence-corrected chi connectivity index (χ3v) is 5.24. The summed E-state index contributed by atoms with van der Waals surface area (Å²) < 4.78 is 5.07. The van der Waals surface area contributed by atoms with Crippen molar-refractivity contribution in [2.24, 2.45) is 5.92 Å². The Morgan fingerprint density at radius 1 is 0.731 bits per heavy atom. The van der Waals surface area contributed by atoms with Crippen LogP contribution in [0.2, 0.25) is 0 Å². The Morgan fingerprint density at radius 2 is 1.15 bits per heavy atom. The molecule has 1 N–H and O–H groups in total. The van der Waals surface area contributed by atoms with Gasteiger partial charge in [-0.3, -0.25) is 4.79 Å². The Kier molecular flexibility index (Phi) is 20.3. The van der Waals surface area contributed by atoms with Gasteiger partial charge < -0.3 is 9.84 Å². The van der Waals surface area contributed by atoms with E-state index < -0.39 is 0 Å². The summed E-state index contributed by atoms with van der Waals surface area (Å²) in [5, 5.41) is 8.79. The molecule has 0 heterocycles. The highest BCUT2D eigenvalue weighted by molar-refractivity contribution is 5.69. The summed E-state index contributed by atoms with van der Waals surface area (Å²) in [6, 6.07) is 0. The number of unbranched alkanes of at least 4 members (excludes halogenated alkanes) is 12. The summed E-state index contributed by atoms with van der Waals surface area (Å²) >= 11 is 0. The fourth-order valence-corrected chi connectivity index (χ4v) is 3.58. The number of carbonyl (C=O) groups excluding carboxylic acids is 1. The molecule has 0 aliphatic rings. The summed E-state index contributed by atoms with van der Waals surface area (Å²) in [6.07, 6.45) is 21.3. The first-order valence-electron chi connectivity index (χ1n) is 11.5. The molecule has 0 saturated carbocycles. The van der Waals surface area contributed by atoms with Gasteiger partial charge in [0.1, 0.15) is 6.61 Å². The molecule has 0 rings (SSSR count). The summed E-state index contributed by atoms with van der Waals surface area (Å²) in [7, 11) is 0. The van der Waals surface area contributed by atoms with E-state index in [1.54, 1.807) is 0 Å². The highest BCUT2D eigenvalue weighted by Crippen LogP contribution is 2.22. The van der Waals surface area contributed by atoms with Crippen LogP contribution < -0.4 is 0 Å². The van der Waals surface area contributed by atoms with Gasteiger partial charge >= 0.3 is 5.97 Å². The van der Waals surface area contributed by atoms with Crippen molar-refractivity contribution in [1.82, 2.24) is 0 Å². The molecule has 26 heavy (non-hydrogen) atoms. The molecule has 0 spiro atoms. The fraction of sp³-hybridized carbons (Fsp3) is 0.957. The van der Waals surface area contributed by atoms with Gasteiger partial charge in [-0.25, -0.2) is 0 Å². The molecule has 0 saturated heterocycles. The molecule has 1 unspecified atom stereocenters. The minimum atomic E-state index is -0.130. The third kappa shape index (κ3) is 18.2. The fourth-order valence-electron chi connectivity index (χ4n) is 3.58. The molecule has 3 nitrogen and oxygen atoms in total. The second-order valence-corrected chi connectivity index (χ2v) is 7.83. The number of hydrogen-bond donors (Lipinski definition) is 1. The van der Waals surface area contributed by atoms with Crippen LogP contribution in [-0.4, -0.2) is 24.3 Å². The molecule has 0 bridgehead atoms. The van der Waals surface area contributed by atoms with Crippen molar-refractivity contribution in [1.29, 1.82) is 0 Å². The van der Waals surface area contributed by atoms with Gasteiger partial charge in [0.25, 0.3) is 0 Å². The largest absolute Gasteiger partial charge is 0.463 e. The predicted molar refractivity (Wildman–Crippen MR) is 111 cm³/mol. The first-order chi connectivity index (χ1) is 12.7. The van der Waals surface area contributed by atoms with E-state index in [2.05, 4.69) is 13.8 Å². The summed E-state index contributed by atoms with van der Waals surface area (Å²) in [4.78, 5) is 11.9. The van der Waals surface area contributed by atoms with Crippen molar-refractivity contribution in [3.05, 3.63) is 0 Å². The van der Waals surface area contributed by atoms with E-state index in [1.807, 2.05) is 0 Å². The van der Waals surface area contributed by atoms with Gasteiger partial charge in [0, 0.05) is 6.42 Å². The Balaban J connectivity index is 3.90. The van der Waals surface area contributed by atoms with Crippen LogP contribution in [0.4, 0.5) is 0 Å². The van der Waals surface area contributed by atoms with Crippen LogP contribution in [0.3, 0.4) is 0 Å². The quantitative estimate of drug-likeness (QED) is 0.189. The van der Waals surface area contributed by atoms with Crippen molar-refractivity contribution < 1.29 is 14.6 Å². The molecule has 0 aliphatic heterocycles. The maximum atomic E-state index is 11.9. The summed E-state index contributed by atoms with van der Waals surface area (Å²) in [5.41, 5.74) is 0. The van der Waals surface area contributed by atoms with Crippen molar-refractivity contribution >= 4 is 5.97 Å². The van der Waals surface area contributed by atoms with Crippen LogP contribution in [0.1, 0.15) is 123 Å². The Bertz CT molecular complexity index is 291. The molecule has 0 radical (unpaired) electrons. The SMILES string of the molecule is CCCCCCCCCCC(CCCCCCCC)CC(=O)OCCO. The molecular weight excluding hydrogens is 324 g/mol. The van der Waals surface area contributed by atoms with Crippen LogP contribution in [0.5, 0.6) is 0 Å². The van der Waals surface area contributed by atoms with E-state index in [0.29, 0.717) is 12.3 Å². The molecule has 0 fully saturated rings. The molecule has 156 valence electrons. The van der Waals surface area contributed by atoms with Gasteiger partial charge in [0.2, 0.25) is 0 Å². The molecule has 0 aromatic carbocycles. The average Bonchev–Trinajstić information content (AvgIpc) is 2.64. The van der Waals surface area contributed by atoms with Crippen LogP contribution in [0.15, 0.2) is 0 Å². The van der Waals surface area contributed by atoms with Crippen LogP contribution in [0.25, 0.3) is 0 Å². The highest BCUT2D eigenvalue weighted by atomic mass is 16.5. The first-order valence-corrected chi connectivity index (χ1v) is 11.5. The molecule has 0 aromatic rings. The van der Waals surface area contributed by atoms with Crippen molar-refractivity contribution in [3.63, 3.8) is 0 Å². The molecule has 1 atom stereocenters. The standard InChI is InChI=1S/C23H46O3/c1-3-5-7-9-11-12-14-16-18-22(21-23(25)26-20-19-24)17-15-13-10-8-6-4-2/h22,24H,3-21H2,1-2H3.